The molecule has 0 aromatic heterocycles. The zero-order chi connectivity index (χ0) is 13.0. The fraction of sp³-hybridized carbons (Fsp3) is 0.364. The summed E-state index contributed by atoms with van der Waals surface area (Å²) < 4.78 is 18.2. The molecule has 0 aliphatic rings. The van der Waals surface area contributed by atoms with Gasteiger partial charge in [-0.3, -0.25) is 10.2 Å². The van der Waals surface area contributed by atoms with E-state index in [0.717, 1.165) is 0 Å². The SMILES string of the molecule is COc1ccc(C(N)C(=O)NN(C)C)cc1F. The van der Waals surface area contributed by atoms with Crippen molar-refractivity contribution in [3.05, 3.63) is 29.6 Å². The van der Waals surface area contributed by atoms with Crippen LogP contribution in [-0.2, 0) is 4.79 Å². The van der Waals surface area contributed by atoms with Crippen molar-refractivity contribution < 1.29 is 13.9 Å². The summed E-state index contributed by atoms with van der Waals surface area (Å²) in [5, 5.41) is 1.47. The molecule has 0 heterocycles. The Balaban J connectivity index is 2.85. The number of hydrogen-bond donors (Lipinski definition) is 2. The molecule has 0 aliphatic heterocycles. The molecule has 0 saturated carbocycles. The van der Waals surface area contributed by atoms with Crippen molar-refractivity contribution in [3.63, 3.8) is 0 Å². The first-order chi connectivity index (χ1) is 7.95. The lowest BCUT2D eigenvalue weighted by atomic mass is 10.1. The summed E-state index contributed by atoms with van der Waals surface area (Å²) in [4.78, 5) is 11.6. The molecule has 0 radical (unpaired) electrons. The number of amides is 1. The molecule has 0 spiro atoms. The highest BCUT2D eigenvalue weighted by Crippen LogP contribution is 2.20. The van der Waals surface area contributed by atoms with Crippen molar-refractivity contribution in [1.29, 1.82) is 0 Å². The topological polar surface area (TPSA) is 67.6 Å². The van der Waals surface area contributed by atoms with Crippen LogP contribution in [0.3, 0.4) is 0 Å². The van der Waals surface area contributed by atoms with Gasteiger partial charge < -0.3 is 10.5 Å². The fourth-order valence-electron chi connectivity index (χ4n) is 1.32. The van der Waals surface area contributed by atoms with Crippen LogP contribution < -0.4 is 15.9 Å². The normalized spacial score (nSPS) is 12.4. The molecule has 1 amide bonds. The molecule has 1 atom stereocenters. The van der Waals surface area contributed by atoms with Gasteiger partial charge in [-0.1, -0.05) is 6.07 Å². The fourth-order valence-corrected chi connectivity index (χ4v) is 1.32. The Hall–Kier alpha value is -1.66. The van der Waals surface area contributed by atoms with Crippen LogP contribution in [0.2, 0.25) is 0 Å². The number of nitrogens with one attached hydrogen (secondary N) is 1. The van der Waals surface area contributed by atoms with E-state index in [0.29, 0.717) is 5.56 Å². The molecule has 0 saturated heterocycles. The van der Waals surface area contributed by atoms with Gasteiger partial charge >= 0.3 is 0 Å². The molecular formula is C11H16FN3O2. The minimum absolute atomic E-state index is 0.119. The van der Waals surface area contributed by atoms with Gasteiger partial charge in [0.15, 0.2) is 11.6 Å². The van der Waals surface area contributed by atoms with Gasteiger partial charge in [0.25, 0.3) is 5.91 Å². The van der Waals surface area contributed by atoms with E-state index in [1.54, 1.807) is 20.2 Å². The van der Waals surface area contributed by atoms with Gasteiger partial charge in [-0.05, 0) is 17.7 Å². The standard InChI is InChI=1S/C11H16FN3O2/c1-15(2)14-11(16)10(13)7-4-5-9(17-3)8(12)6-7/h4-6,10H,13H2,1-3H3,(H,14,16). The highest BCUT2D eigenvalue weighted by atomic mass is 19.1. The van der Waals surface area contributed by atoms with Gasteiger partial charge in [-0.2, -0.15) is 0 Å². The lowest BCUT2D eigenvalue weighted by molar-refractivity contribution is -0.126. The number of hydrazine groups is 1. The second kappa shape index (κ2) is 5.60. The maximum atomic E-state index is 13.4. The molecule has 1 unspecified atom stereocenters. The lowest BCUT2D eigenvalue weighted by Crippen LogP contribution is -2.42. The van der Waals surface area contributed by atoms with Gasteiger partial charge in [0, 0.05) is 14.1 Å². The third-order valence-corrected chi connectivity index (χ3v) is 2.15. The van der Waals surface area contributed by atoms with Gasteiger partial charge in [-0.15, -0.1) is 0 Å². The zero-order valence-electron chi connectivity index (χ0n) is 10.0. The minimum Gasteiger partial charge on any atom is -0.494 e. The first kappa shape index (κ1) is 13.4. The van der Waals surface area contributed by atoms with Gasteiger partial charge in [0.2, 0.25) is 0 Å². The van der Waals surface area contributed by atoms with Crippen LogP contribution in [0.5, 0.6) is 5.75 Å². The van der Waals surface area contributed by atoms with Crippen LogP contribution in [-0.4, -0.2) is 32.1 Å². The molecular weight excluding hydrogens is 225 g/mol. The van der Waals surface area contributed by atoms with Crippen LogP contribution in [0.25, 0.3) is 0 Å². The van der Waals surface area contributed by atoms with Gasteiger partial charge in [-0.25, -0.2) is 9.40 Å². The Morgan fingerprint density at radius 1 is 1.53 bits per heavy atom. The van der Waals surface area contributed by atoms with E-state index in [2.05, 4.69) is 5.43 Å². The van der Waals surface area contributed by atoms with Gasteiger partial charge in [0.1, 0.15) is 6.04 Å². The van der Waals surface area contributed by atoms with E-state index in [1.165, 1.54) is 24.3 Å². The predicted molar refractivity (Wildman–Crippen MR) is 61.7 cm³/mol. The highest BCUT2D eigenvalue weighted by molar-refractivity contribution is 5.82. The Morgan fingerprint density at radius 2 is 2.18 bits per heavy atom. The zero-order valence-corrected chi connectivity index (χ0v) is 10.0. The van der Waals surface area contributed by atoms with Gasteiger partial charge in [0.05, 0.1) is 7.11 Å². The van der Waals surface area contributed by atoms with Crippen LogP contribution in [0.4, 0.5) is 4.39 Å². The van der Waals surface area contributed by atoms with E-state index in [1.807, 2.05) is 0 Å². The molecule has 0 fully saturated rings. The van der Waals surface area contributed by atoms with Crippen LogP contribution in [0.1, 0.15) is 11.6 Å². The van der Waals surface area contributed by atoms with Crippen molar-refractivity contribution >= 4 is 5.91 Å². The van der Waals surface area contributed by atoms with Crippen molar-refractivity contribution in [3.8, 4) is 5.75 Å². The number of benzene rings is 1. The van der Waals surface area contributed by atoms with Crippen molar-refractivity contribution in [2.45, 2.75) is 6.04 Å². The number of ether oxygens (including phenoxy) is 1. The number of halogens is 1. The molecule has 1 aromatic rings. The third kappa shape index (κ3) is 3.40. The van der Waals surface area contributed by atoms with E-state index >= 15 is 0 Å². The quantitative estimate of drug-likeness (QED) is 0.750. The summed E-state index contributed by atoms with van der Waals surface area (Å²) >= 11 is 0. The number of methoxy groups -OCH3 is 1. The summed E-state index contributed by atoms with van der Waals surface area (Å²) in [7, 11) is 4.70. The van der Waals surface area contributed by atoms with Crippen LogP contribution in [0, 0.1) is 5.82 Å². The maximum Gasteiger partial charge on any atom is 0.255 e. The molecule has 3 N–H and O–H groups in total. The lowest BCUT2D eigenvalue weighted by Gasteiger charge is -2.17. The molecule has 0 aliphatic carbocycles. The summed E-state index contributed by atoms with van der Waals surface area (Å²) in [5.74, 6) is -0.827. The first-order valence-electron chi connectivity index (χ1n) is 5.02. The number of rotatable bonds is 4. The molecule has 94 valence electrons. The van der Waals surface area contributed by atoms with Crippen molar-refractivity contribution in [2.75, 3.05) is 21.2 Å². The van der Waals surface area contributed by atoms with Crippen molar-refractivity contribution in [1.82, 2.24) is 10.4 Å². The Morgan fingerprint density at radius 3 is 2.65 bits per heavy atom. The molecule has 6 heteroatoms. The molecule has 1 rings (SSSR count). The summed E-state index contributed by atoms with van der Waals surface area (Å²) in [6.07, 6.45) is 0. The Bertz CT molecular complexity index is 410. The summed E-state index contributed by atoms with van der Waals surface area (Å²) in [5.41, 5.74) is 8.60. The number of hydrogen-bond acceptors (Lipinski definition) is 4. The Kier molecular flexibility index (Phi) is 4.42. The van der Waals surface area contributed by atoms with Crippen LogP contribution in [0.15, 0.2) is 18.2 Å². The van der Waals surface area contributed by atoms with E-state index in [-0.39, 0.29) is 5.75 Å². The van der Waals surface area contributed by atoms with E-state index in [4.69, 9.17) is 10.5 Å². The molecule has 0 bridgehead atoms. The van der Waals surface area contributed by atoms with E-state index < -0.39 is 17.8 Å². The second-order valence-electron chi connectivity index (χ2n) is 3.74. The average Bonchev–Trinajstić information content (AvgIpc) is 2.27. The predicted octanol–water partition coefficient (Wildman–Crippen LogP) is 0.427. The van der Waals surface area contributed by atoms with Crippen LogP contribution >= 0.6 is 0 Å². The largest absolute Gasteiger partial charge is 0.494 e. The number of carbonyl (C=O) groups excluding carboxylic acids is 1. The Labute approximate surface area is 99.3 Å². The minimum atomic E-state index is -0.919. The maximum absolute atomic E-state index is 13.4. The third-order valence-electron chi connectivity index (χ3n) is 2.15. The second-order valence-corrected chi connectivity index (χ2v) is 3.74. The monoisotopic (exact) mass is 241 g/mol. The average molecular weight is 241 g/mol. The molecule has 17 heavy (non-hydrogen) atoms. The number of nitrogens with zero attached hydrogens (tertiary/aromatic N) is 1. The highest BCUT2D eigenvalue weighted by Gasteiger charge is 2.17. The molecule has 1 aromatic carbocycles. The smallest absolute Gasteiger partial charge is 0.255 e. The van der Waals surface area contributed by atoms with E-state index in [9.17, 15) is 9.18 Å². The number of carbonyl (C=O) groups is 1. The number of nitrogens with two attached hydrogens (primary N) is 1. The summed E-state index contributed by atoms with van der Waals surface area (Å²) in [6, 6.07) is 3.27. The molecule has 5 nitrogen and oxygen atoms in total. The summed E-state index contributed by atoms with van der Waals surface area (Å²) in [6.45, 7) is 0. The van der Waals surface area contributed by atoms with Crippen molar-refractivity contribution in [2.24, 2.45) is 5.73 Å². The first-order valence-corrected chi connectivity index (χ1v) is 5.02.